The minimum atomic E-state index is -0.525. The summed E-state index contributed by atoms with van der Waals surface area (Å²) in [5, 5.41) is 21.8. The van der Waals surface area contributed by atoms with Crippen molar-refractivity contribution >= 4 is 29.4 Å². The summed E-state index contributed by atoms with van der Waals surface area (Å²) in [6.45, 7) is 5.44. The quantitative estimate of drug-likeness (QED) is 0.300. The van der Waals surface area contributed by atoms with Crippen LogP contribution in [0, 0.1) is 16.0 Å². The van der Waals surface area contributed by atoms with Gasteiger partial charge < -0.3 is 9.73 Å². The summed E-state index contributed by atoms with van der Waals surface area (Å²) < 4.78 is 5.61. The molecule has 10 nitrogen and oxygen atoms in total. The molecule has 29 heavy (non-hydrogen) atoms. The number of non-ortho nitro benzene ring substituents is 1. The highest BCUT2D eigenvalue weighted by Gasteiger charge is 2.39. The molecular weight excluding hydrogens is 398 g/mol. The van der Waals surface area contributed by atoms with Crippen LogP contribution in [-0.4, -0.2) is 44.5 Å². The number of rotatable bonds is 8. The molecule has 2 aromatic rings. The van der Waals surface area contributed by atoms with Gasteiger partial charge in [-0.2, -0.15) is 0 Å². The molecular formula is C18H19N5O5S. The van der Waals surface area contributed by atoms with E-state index >= 15 is 0 Å². The molecule has 152 valence electrons. The predicted molar refractivity (Wildman–Crippen MR) is 104 cm³/mol. The Labute approximate surface area is 170 Å². The Bertz CT molecular complexity index is 946. The topological polar surface area (TPSA) is 131 Å². The smallest absolute Gasteiger partial charge is 0.324 e. The van der Waals surface area contributed by atoms with Crippen LogP contribution in [0.3, 0.4) is 0 Å². The Morgan fingerprint density at radius 3 is 2.93 bits per heavy atom. The second-order valence-electron chi connectivity index (χ2n) is 6.46. The molecule has 2 heterocycles. The van der Waals surface area contributed by atoms with Crippen LogP contribution < -0.4 is 5.32 Å². The highest BCUT2D eigenvalue weighted by molar-refractivity contribution is 7.98. The molecule has 2 unspecified atom stereocenters. The van der Waals surface area contributed by atoms with Crippen molar-refractivity contribution in [2.24, 2.45) is 5.92 Å². The number of hydrogen-bond donors (Lipinski definition) is 1. The molecule has 0 saturated carbocycles. The number of nitro groups is 1. The van der Waals surface area contributed by atoms with Gasteiger partial charge >= 0.3 is 6.03 Å². The van der Waals surface area contributed by atoms with Crippen LogP contribution >= 0.6 is 11.8 Å². The maximum atomic E-state index is 12.6. The van der Waals surface area contributed by atoms with Crippen LogP contribution in [0.5, 0.6) is 0 Å². The fourth-order valence-electron chi connectivity index (χ4n) is 2.93. The van der Waals surface area contributed by atoms with Gasteiger partial charge in [0.25, 0.3) is 10.9 Å². The summed E-state index contributed by atoms with van der Waals surface area (Å²) in [6, 6.07) is 5.49. The Kier molecular flexibility index (Phi) is 6.27. The SMILES string of the molecule is C=CCN1C(=O)NC(C)C(Cc2nnc(SCc3cccc([N+](=O)[O-])c3)o2)C1=O. The number of benzene rings is 1. The molecule has 0 radical (unpaired) electrons. The van der Waals surface area contributed by atoms with Crippen LogP contribution in [0.2, 0.25) is 0 Å². The lowest BCUT2D eigenvalue weighted by Crippen LogP contribution is -2.59. The molecule has 3 amide bonds. The average Bonchev–Trinajstić information content (AvgIpc) is 3.14. The standard InChI is InChI=1S/C18H19N5O5S/c1-3-7-22-16(24)14(11(2)19-17(22)25)9-15-20-21-18(28-15)29-10-12-5-4-6-13(8-12)23(26)27/h3-6,8,11,14H,1,7,9-10H2,2H3,(H,19,25). The number of amides is 3. The normalized spacial score (nSPS) is 19.1. The maximum absolute atomic E-state index is 12.6. The molecule has 1 aliphatic heterocycles. The summed E-state index contributed by atoms with van der Waals surface area (Å²) in [5.41, 5.74) is 0.771. The van der Waals surface area contributed by atoms with Gasteiger partial charge in [0.1, 0.15) is 0 Å². The van der Waals surface area contributed by atoms with Gasteiger partial charge in [0.15, 0.2) is 0 Å². The van der Waals surface area contributed by atoms with E-state index < -0.39 is 16.9 Å². The van der Waals surface area contributed by atoms with E-state index in [2.05, 4.69) is 22.1 Å². The zero-order valence-electron chi connectivity index (χ0n) is 15.6. The van der Waals surface area contributed by atoms with Crippen molar-refractivity contribution in [1.82, 2.24) is 20.4 Å². The second kappa shape index (κ2) is 8.86. The number of nitrogens with one attached hydrogen (secondary N) is 1. The summed E-state index contributed by atoms with van der Waals surface area (Å²) in [4.78, 5) is 36.1. The Balaban J connectivity index is 1.63. The van der Waals surface area contributed by atoms with Crippen LogP contribution in [0.25, 0.3) is 0 Å². The molecule has 1 aromatic heterocycles. The summed E-state index contributed by atoms with van der Waals surface area (Å²) in [5.74, 6) is -0.134. The van der Waals surface area contributed by atoms with Gasteiger partial charge in [-0.1, -0.05) is 30.0 Å². The van der Waals surface area contributed by atoms with Gasteiger partial charge in [-0.3, -0.25) is 19.8 Å². The number of urea groups is 1. The highest BCUT2D eigenvalue weighted by Crippen LogP contribution is 2.25. The maximum Gasteiger partial charge on any atom is 0.324 e. The first-order valence-corrected chi connectivity index (χ1v) is 9.79. The van der Waals surface area contributed by atoms with Crippen molar-refractivity contribution in [3.8, 4) is 0 Å². The molecule has 0 aliphatic carbocycles. The van der Waals surface area contributed by atoms with Crippen molar-refractivity contribution in [1.29, 1.82) is 0 Å². The molecule has 0 bridgehead atoms. The molecule has 1 saturated heterocycles. The number of thioether (sulfide) groups is 1. The zero-order chi connectivity index (χ0) is 21.0. The third-order valence-electron chi connectivity index (χ3n) is 4.42. The van der Waals surface area contributed by atoms with Crippen molar-refractivity contribution in [2.75, 3.05) is 6.54 Å². The lowest BCUT2D eigenvalue weighted by Gasteiger charge is -2.34. The van der Waals surface area contributed by atoms with E-state index in [1.807, 2.05) is 0 Å². The number of nitro benzene ring substituents is 1. The Morgan fingerprint density at radius 1 is 1.41 bits per heavy atom. The third-order valence-corrected chi connectivity index (χ3v) is 5.31. The van der Waals surface area contributed by atoms with Gasteiger partial charge in [0, 0.05) is 36.9 Å². The van der Waals surface area contributed by atoms with Crippen LogP contribution in [0.1, 0.15) is 18.4 Å². The Morgan fingerprint density at radius 2 is 2.21 bits per heavy atom. The first-order valence-electron chi connectivity index (χ1n) is 8.80. The predicted octanol–water partition coefficient (Wildman–Crippen LogP) is 2.56. The molecule has 2 atom stereocenters. The van der Waals surface area contributed by atoms with E-state index in [0.717, 1.165) is 10.5 Å². The molecule has 1 N–H and O–H groups in total. The van der Waals surface area contributed by atoms with Crippen molar-refractivity contribution in [2.45, 2.75) is 30.4 Å². The second-order valence-corrected chi connectivity index (χ2v) is 7.39. The monoisotopic (exact) mass is 417 g/mol. The lowest BCUT2D eigenvalue weighted by atomic mass is 9.93. The van der Waals surface area contributed by atoms with E-state index in [-0.39, 0.29) is 36.5 Å². The first kappa shape index (κ1) is 20.5. The fourth-order valence-corrected chi connectivity index (χ4v) is 3.65. The van der Waals surface area contributed by atoms with Crippen molar-refractivity contribution < 1.29 is 18.9 Å². The van der Waals surface area contributed by atoms with E-state index in [1.54, 1.807) is 19.1 Å². The largest absolute Gasteiger partial charge is 0.416 e. The highest BCUT2D eigenvalue weighted by atomic mass is 32.2. The van der Waals surface area contributed by atoms with E-state index in [9.17, 15) is 19.7 Å². The summed E-state index contributed by atoms with van der Waals surface area (Å²) >= 11 is 1.25. The van der Waals surface area contributed by atoms with Crippen molar-refractivity contribution in [3.63, 3.8) is 0 Å². The lowest BCUT2D eigenvalue weighted by molar-refractivity contribution is -0.384. The van der Waals surface area contributed by atoms with E-state index in [0.29, 0.717) is 11.0 Å². The zero-order valence-corrected chi connectivity index (χ0v) is 16.4. The van der Waals surface area contributed by atoms with Crippen LogP contribution in [0.4, 0.5) is 10.5 Å². The van der Waals surface area contributed by atoms with Crippen molar-refractivity contribution in [3.05, 3.63) is 58.5 Å². The average molecular weight is 417 g/mol. The van der Waals surface area contributed by atoms with Crippen LogP contribution in [-0.2, 0) is 17.0 Å². The van der Waals surface area contributed by atoms with Gasteiger partial charge in [0.05, 0.1) is 10.8 Å². The van der Waals surface area contributed by atoms with E-state index in [4.69, 9.17) is 4.42 Å². The first-order chi connectivity index (χ1) is 13.9. The molecule has 11 heteroatoms. The van der Waals surface area contributed by atoms with E-state index in [1.165, 1.54) is 30.0 Å². The minimum absolute atomic E-state index is 0.0187. The van der Waals surface area contributed by atoms with Gasteiger partial charge in [-0.15, -0.1) is 16.8 Å². The number of imide groups is 1. The number of hydrogen-bond acceptors (Lipinski definition) is 8. The van der Waals surface area contributed by atoms with Gasteiger partial charge in [-0.05, 0) is 12.5 Å². The molecule has 0 spiro atoms. The number of carbonyl (C=O) groups is 2. The summed E-state index contributed by atoms with van der Waals surface area (Å²) in [6.07, 6.45) is 1.68. The number of carbonyl (C=O) groups excluding carboxylic acids is 2. The number of aromatic nitrogens is 2. The van der Waals surface area contributed by atoms with Gasteiger partial charge in [0.2, 0.25) is 11.8 Å². The fraction of sp³-hybridized carbons (Fsp3) is 0.333. The van der Waals surface area contributed by atoms with Crippen LogP contribution in [0.15, 0.2) is 46.6 Å². The number of nitrogens with zero attached hydrogens (tertiary/aromatic N) is 4. The van der Waals surface area contributed by atoms with Gasteiger partial charge in [-0.25, -0.2) is 4.79 Å². The minimum Gasteiger partial charge on any atom is -0.416 e. The molecule has 1 fully saturated rings. The molecule has 3 rings (SSSR count). The molecule has 1 aromatic carbocycles. The third kappa shape index (κ3) is 4.80. The molecule has 1 aliphatic rings. The Hall–Kier alpha value is -3.21. The summed E-state index contributed by atoms with van der Waals surface area (Å²) in [7, 11) is 0.